The number of aromatic amines is 1. The van der Waals surface area contributed by atoms with Crippen LogP contribution in [-0.4, -0.2) is 26.9 Å². The number of carbonyl (C=O) groups excluding carboxylic acids is 1. The van der Waals surface area contributed by atoms with E-state index in [-0.39, 0.29) is 67.5 Å². The third-order valence-corrected chi connectivity index (χ3v) is 4.64. The van der Waals surface area contributed by atoms with Gasteiger partial charge in [0.05, 0.1) is 18.2 Å². The van der Waals surface area contributed by atoms with Crippen LogP contribution in [0.3, 0.4) is 0 Å². The molecule has 2 heterocycles. The van der Waals surface area contributed by atoms with Gasteiger partial charge < -0.3 is 0 Å². The van der Waals surface area contributed by atoms with Gasteiger partial charge in [-0.05, 0) is 30.2 Å². The molecule has 0 spiro atoms. The quantitative estimate of drug-likeness (QED) is 0.495. The van der Waals surface area contributed by atoms with E-state index in [0.717, 1.165) is 17.3 Å². The molecule has 169 valence electrons. The van der Waals surface area contributed by atoms with Gasteiger partial charge in [0, 0.05) is 88.2 Å². The summed E-state index contributed by atoms with van der Waals surface area (Å²) >= 11 is 0. The van der Waals surface area contributed by atoms with Crippen molar-refractivity contribution >= 4 is 12.1 Å². The third-order valence-electron chi connectivity index (χ3n) is 4.64. The summed E-state index contributed by atoms with van der Waals surface area (Å²) in [5.74, 6) is -1.71. The van der Waals surface area contributed by atoms with Crippen LogP contribution in [0.1, 0.15) is 51.8 Å². The van der Waals surface area contributed by atoms with Crippen LogP contribution >= 0.6 is 0 Å². The minimum atomic E-state index is -0.689. The molecule has 1 aromatic heterocycles. The molecule has 2 aromatic rings. The topological polar surface area (TPSA) is 70.5 Å². The molecule has 1 unspecified atom stereocenters. The van der Waals surface area contributed by atoms with E-state index in [0.29, 0.717) is 30.5 Å². The van der Waals surface area contributed by atoms with Gasteiger partial charge in [0.2, 0.25) is 0 Å². The maximum absolute atomic E-state index is 13.5. The van der Waals surface area contributed by atoms with E-state index in [2.05, 4.69) is 29.8 Å². The molecule has 0 saturated heterocycles. The van der Waals surface area contributed by atoms with E-state index >= 15 is 0 Å². The molecule has 0 saturated carbocycles. The van der Waals surface area contributed by atoms with Gasteiger partial charge in [-0.1, -0.05) is 20.3 Å². The van der Waals surface area contributed by atoms with Gasteiger partial charge in [-0.25, -0.2) is 13.8 Å². The molecule has 1 aliphatic carbocycles. The van der Waals surface area contributed by atoms with E-state index in [1.165, 1.54) is 29.6 Å². The van der Waals surface area contributed by atoms with Gasteiger partial charge in [0.1, 0.15) is 11.6 Å². The van der Waals surface area contributed by atoms with E-state index in [1.54, 1.807) is 10.9 Å². The van der Waals surface area contributed by atoms with E-state index in [9.17, 15) is 18.4 Å². The Morgan fingerprint density at radius 3 is 2.38 bits per heavy atom. The summed E-state index contributed by atoms with van der Waals surface area (Å²) in [7, 11) is 0. The molecule has 1 aliphatic heterocycles. The number of benzene rings is 1. The van der Waals surface area contributed by atoms with Crippen molar-refractivity contribution in [1.82, 2.24) is 14.8 Å². The van der Waals surface area contributed by atoms with Gasteiger partial charge in [-0.3, -0.25) is 24.1 Å². The molecule has 1 aromatic carbocycles. The summed E-state index contributed by atoms with van der Waals surface area (Å²) < 4.78 is 28.7. The van der Waals surface area contributed by atoms with Crippen LogP contribution in [0.4, 0.5) is 13.5 Å². The van der Waals surface area contributed by atoms with Crippen molar-refractivity contribution in [2.45, 2.75) is 52.6 Å². The van der Waals surface area contributed by atoms with Gasteiger partial charge in [-0.15, -0.1) is 5.73 Å². The SMILES string of the molecule is CCC.Cc1cc(=O)[nH]n1CC1=C=C(C(=O)N2N=CCC2c2cc(F)cc(F)c2)C1.F.[Fr].[HH]. The van der Waals surface area contributed by atoms with Gasteiger partial charge >= 0.3 is 0 Å². The van der Waals surface area contributed by atoms with Crippen molar-refractivity contribution in [2.75, 3.05) is 0 Å². The molecular formula is C22H27F3FrN4O2. The number of nitrogens with zero attached hydrogens (tertiary/aromatic N) is 3. The first-order chi connectivity index (χ1) is 14.3. The molecule has 10 heteroatoms. The number of amides is 1. The minimum absolute atomic E-state index is 0. The standard InChI is InChI=1S/C19H16F2N4O2.C3H8.FH.Fr.H2/c1-11-4-18(26)23-24(11)10-12-5-14(6-12)19(27)25-17(2-3-22-25)13-7-15(20)9-16(21)8-13;1-3-2;;;/h3-4,7-9,17H,2,5,10H2,1H3,(H,23,26);3H2,1-2H3;1H;;1H. The number of nitrogens with one attached hydrogen (secondary N) is 1. The molecule has 0 fully saturated rings. The first-order valence-electron chi connectivity index (χ1n) is 9.88. The number of aryl methyl sites for hydroxylation is 1. The second kappa shape index (κ2) is 12.5. The maximum atomic E-state index is 13.5. The predicted octanol–water partition coefficient (Wildman–Crippen LogP) is 4.39. The fourth-order valence-corrected chi connectivity index (χ4v) is 3.30. The largest absolute Gasteiger partial charge is 0.285 e. The number of hydrogen-bond acceptors (Lipinski definition) is 3. The average Bonchev–Trinajstić information content (AvgIpc) is 3.23. The summed E-state index contributed by atoms with van der Waals surface area (Å²) in [4.78, 5) is 24.0. The Morgan fingerprint density at radius 1 is 1.25 bits per heavy atom. The molecule has 6 nitrogen and oxygen atoms in total. The Morgan fingerprint density at radius 2 is 1.84 bits per heavy atom. The summed E-state index contributed by atoms with van der Waals surface area (Å²) in [5, 5.41) is 8.00. The molecule has 4 rings (SSSR count). The van der Waals surface area contributed by atoms with Gasteiger partial charge in [-0.2, -0.15) is 5.10 Å². The number of aromatic nitrogens is 2. The van der Waals surface area contributed by atoms with Gasteiger partial charge in [0.15, 0.2) is 0 Å². The molecule has 0 bridgehead atoms. The number of halogens is 3. The van der Waals surface area contributed by atoms with Crippen molar-refractivity contribution in [3.8, 4) is 0 Å². The summed E-state index contributed by atoms with van der Waals surface area (Å²) in [6.07, 6.45) is 3.63. The van der Waals surface area contributed by atoms with Crippen molar-refractivity contribution < 1.29 is 69.6 Å². The zero-order valence-corrected chi connectivity index (χ0v) is 26.8. The fourth-order valence-electron chi connectivity index (χ4n) is 3.30. The Bertz CT molecular complexity index is 1100. The molecule has 1 amide bonds. The number of hydrazone groups is 1. The Hall–Kier alpha value is -1.72. The molecule has 2 aliphatic rings. The van der Waals surface area contributed by atoms with Crippen molar-refractivity contribution in [2.24, 2.45) is 5.10 Å². The van der Waals surface area contributed by atoms with Crippen molar-refractivity contribution in [1.29, 1.82) is 0 Å². The van der Waals surface area contributed by atoms with Crippen LogP contribution in [0.25, 0.3) is 0 Å². The van der Waals surface area contributed by atoms with Crippen LogP contribution in [0.2, 0.25) is 0 Å². The van der Waals surface area contributed by atoms with E-state index in [1.807, 2.05) is 6.92 Å². The second-order valence-corrected chi connectivity index (χ2v) is 7.34. The monoisotopic (exact) mass is 659 g/mol. The van der Waals surface area contributed by atoms with Crippen molar-refractivity contribution in [3.05, 3.63) is 74.4 Å². The summed E-state index contributed by atoms with van der Waals surface area (Å²) in [6, 6.07) is 4.18. The third kappa shape index (κ3) is 6.64. The normalized spacial score (nSPS) is 16.0. The van der Waals surface area contributed by atoms with Crippen molar-refractivity contribution in [3.63, 3.8) is 0 Å². The maximum Gasteiger partial charge on any atom is 0.278 e. The molecular weight excluding hydrogens is 632 g/mol. The second-order valence-electron chi connectivity index (χ2n) is 7.34. The average molecular weight is 659 g/mol. The van der Waals surface area contributed by atoms with Gasteiger partial charge in [0.25, 0.3) is 11.5 Å². The zero-order chi connectivity index (χ0) is 21.8. The smallest absolute Gasteiger partial charge is 0.278 e. The minimum Gasteiger partial charge on any atom is -0.285 e. The van der Waals surface area contributed by atoms with Crippen LogP contribution in [0, 0.1) is 68.4 Å². The van der Waals surface area contributed by atoms with Crippen LogP contribution in [0.15, 0.2) is 51.0 Å². The fraction of sp³-hybridized carbons (Fsp3) is 0.364. The Balaban J connectivity index is 0.00000162. The zero-order valence-electron chi connectivity index (χ0n) is 18.6. The molecule has 32 heavy (non-hydrogen) atoms. The van der Waals surface area contributed by atoms with E-state index in [4.69, 9.17) is 0 Å². The van der Waals surface area contributed by atoms with E-state index < -0.39 is 17.7 Å². The summed E-state index contributed by atoms with van der Waals surface area (Å²) in [6.45, 7) is 6.52. The number of hydrogen-bond donors (Lipinski definition) is 1. The van der Waals surface area contributed by atoms with Crippen LogP contribution < -0.4 is 5.56 Å². The predicted molar refractivity (Wildman–Crippen MR) is 115 cm³/mol. The first-order valence-corrected chi connectivity index (χ1v) is 9.88. The first kappa shape index (κ1) is 28.3. The van der Waals surface area contributed by atoms with Crippen LogP contribution in [0.5, 0.6) is 0 Å². The molecule has 1 atom stereocenters. The molecule has 1 radical (unpaired) electrons. The Labute approximate surface area is 226 Å². The number of carbonyl (C=O) groups is 1. The summed E-state index contributed by atoms with van der Waals surface area (Å²) in [5.41, 5.74) is 5.33. The molecule has 1 N–H and O–H groups in total. The number of H-pyrrole nitrogens is 1. The Kier molecular flexibility index (Phi) is 11.1. The van der Waals surface area contributed by atoms with Crippen LogP contribution in [-0.2, 0) is 11.3 Å². The number of rotatable bonds is 4.